The smallest absolute Gasteiger partial charge is 0.346 e. The summed E-state index contributed by atoms with van der Waals surface area (Å²) in [6.07, 6.45) is 2.93. The summed E-state index contributed by atoms with van der Waals surface area (Å²) in [5, 5.41) is 12.7. The molecular formula is C17H11ClF2N2O2. The highest BCUT2D eigenvalue weighted by Gasteiger charge is 2.35. The van der Waals surface area contributed by atoms with Gasteiger partial charge in [-0.3, -0.25) is 4.79 Å². The normalized spacial score (nSPS) is 22.8. The molecule has 0 saturated carbocycles. The van der Waals surface area contributed by atoms with Gasteiger partial charge in [0.15, 0.2) is 5.78 Å². The van der Waals surface area contributed by atoms with Gasteiger partial charge in [-0.05, 0) is 23.8 Å². The zero-order valence-electron chi connectivity index (χ0n) is 12.2. The highest BCUT2D eigenvalue weighted by atomic mass is 35.5. The lowest BCUT2D eigenvalue weighted by Crippen LogP contribution is -2.36. The molecule has 1 aliphatic heterocycles. The first-order chi connectivity index (χ1) is 11.5. The number of Topliss-reactive ketones (excluding diaryl/α,β-unsaturated/α-hetero) is 1. The molecule has 1 aliphatic carbocycles. The van der Waals surface area contributed by atoms with Crippen molar-refractivity contribution in [2.75, 3.05) is 0 Å². The minimum absolute atomic E-state index is 0.190. The first-order valence-corrected chi connectivity index (χ1v) is 7.41. The minimum atomic E-state index is -3.07. The molecule has 24 heavy (non-hydrogen) atoms. The molecule has 7 heteroatoms. The van der Waals surface area contributed by atoms with Crippen molar-refractivity contribution in [1.29, 1.82) is 5.26 Å². The molecule has 0 radical (unpaired) electrons. The minimum Gasteiger partial charge on any atom is -0.372 e. The summed E-state index contributed by atoms with van der Waals surface area (Å²) >= 11 is 6.00. The van der Waals surface area contributed by atoms with Gasteiger partial charge in [0.1, 0.15) is 12.1 Å². The number of nitrogens with zero attached hydrogens (tertiary/aromatic N) is 1. The molecule has 3 rings (SSSR count). The maximum atomic E-state index is 12.6. The van der Waals surface area contributed by atoms with Crippen molar-refractivity contribution in [3.8, 4) is 6.07 Å². The maximum Gasteiger partial charge on any atom is 0.346 e. The lowest BCUT2D eigenvalue weighted by atomic mass is 9.81. The second-order valence-electron chi connectivity index (χ2n) is 5.17. The summed E-state index contributed by atoms with van der Waals surface area (Å²) < 4.78 is 29.4. The Kier molecular flexibility index (Phi) is 4.47. The molecule has 4 nitrogen and oxygen atoms in total. The average molecular weight is 349 g/mol. The summed E-state index contributed by atoms with van der Waals surface area (Å²) in [7, 11) is 0. The second-order valence-corrected chi connectivity index (χ2v) is 5.60. The fourth-order valence-corrected chi connectivity index (χ4v) is 2.93. The van der Waals surface area contributed by atoms with Crippen molar-refractivity contribution >= 4 is 23.0 Å². The van der Waals surface area contributed by atoms with Gasteiger partial charge >= 0.3 is 6.61 Å². The number of carbonyl (C=O) groups is 1. The highest BCUT2D eigenvalue weighted by molar-refractivity contribution is 6.30. The van der Waals surface area contributed by atoms with Gasteiger partial charge in [-0.25, -0.2) is 0 Å². The van der Waals surface area contributed by atoms with E-state index in [1.165, 1.54) is 18.4 Å². The van der Waals surface area contributed by atoms with Crippen LogP contribution in [0.1, 0.15) is 5.56 Å². The number of halogens is 3. The van der Waals surface area contributed by atoms with Crippen LogP contribution >= 0.6 is 11.6 Å². The van der Waals surface area contributed by atoms with Crippen LogP contribution in [-0.4, -0.2) is 24.5 Å². The molecule has 1 aromatic rings. The number of hydrogen-bond acceptors (Lipinski definition) is 4. The number of nitrogens with one attached hydrogen (secondary N) is 1. The molecule has 1 heterocycles. The molecule has 0 fully saturated rings. The predicted molar refractivity (Wildman–Crippen MR) is 84.0 cm³/mol. The Labute approximate surface area is 141 Å². The lowest BCUT2D eigenvalue weighted by Gasteiger charge is -2.29. The van der Waals surface area contributed by atoms with Gasteiger partial charge < -0.3 is 10.1 Å². The molecule has 1 N–H and O–H groups in total. The summed E-state index contributed by atoms with van der Waals surface area (Å²) in [4.78, 5) is 12.6. The van der Waals surface area contributed by atoms with Gasteiger partial charge in [0.05, 0.1) is 6.07 Å². The van der Waals surface area contributed by atoms with Gasteiger partial charge in [-0.1, -0.05) is 29.8 Å². The molecule has 2 aliphatic rings. The van der Waals surface area contributed by atoms with E-state index in [2.05, 4.69) is 16.1 Å². The summed E-state index contributed by atoms with van der Waals surface area (Å²) in [5.74, 6) is -0.610. The first kappa shape index (κ1) is 16.4. The summed E-state index contributed by atoms with van der Waals surface area (Å²) in [5.41, 5.74) is 1.67. The van der Waals surface area contributed by atoms with Crippen molar-refractivity contribution < 1.29 is 18.3 Å². The number of benzene rings is 1. The van der Waals surface area contributed by atoms with Gasteiger partial charge in [0.2, 0.25) is 0 Å². The molecule has 122 valence electrons. The average Bonchev–Trinajstić information content (AvgIpc) is 2.56. The van der Waals surface area contributed by atoms with E-state index < -0.39 is 24.5 Å². The van der Waals surface area contributed by atoms with E-state index in [4.69, 9.17) is 11.6 Å². The van der Waals surface area contributed by atoms with Crippen LogP contribution in [0.4, 0.5) is 8.78 Å². The number of carbonyl (C=O) groups excluding carboxylic acids is 1. The summed E-state index contributed by atoms with van der Waals surface area (Å²) in [6, 6.07) is 7.93. The number of allylic oxidation sites excluding steroid dienone is 2. The van der Waals surface area contributed by atoms with Crippen LogP contribution < -0.4 is 5.32 Å². The van der Waals surface area contributed by atoms with Gasteiger partial charge in [-0.2, -0.15) is 14.0 Å². The number of alkyl halides is 2. The van der Waals surface area contributed by atoms with Crippen molar-refractivity contribution in [2.45, 2.75) is 18.8 Å². The summed E-state index contributed by atoms with van der Waals surface area (Å²) in [6.45, 7) is -3.07. The first-order valence-electron chi connectivity index (χ1n) is 7.03. The Morgan fingerprint density at radius 2 is 2.17 bits per heavy atom. The molecule has 0 amide bonds. The van der Waals surface area contributed by atoms with Crippen LogP contribution in [0.5, 0.6) is 0 Å². The fourth-order valence-electron chi connectivity index (χ4n) is 2.74. The molecule has 2 unspecified atom stereocenters. The van der Waals surface area contributed by atoms with Crippen LogP contribution in [0, 0.1) is 11.3 Å². The molecule has 0 bridgehead atoms. The Morgan fingerprint density at radius 3 is 2.83 bits per heavy atom. The van der Waals surface area contributed by atoms with E-state index in [1.807, 2.05) is 0 Å². The van der Waals surface area contributed by atoms with E-state index in [0.29, 0.717) is 21.7 Å². The lowest BCUT2D eigenvalue weighted by molar-refractivity contribution is -0.162. The predicted octanol–water partition coefficient (Wildman–Crippen LogP) is 3.22. The third kappa shape index (κ3) is 2.96. The van der Waals surface area contributed by atoms with Crippen LogP contribution in [-0.2, 0) is 9.53 Å². The van der Waals surface area contributed by atoms with Gasteiger partial charge in [0, 0.05) is 27.9 Å². The Hall–Kier alpha value is -2.49. The van der Waals surface area contributed by atoms with Crippen molar-refractivity contribution in [2.24, 2.45) is 0 Å². The second kappa shape index (κ2) is 6.56. The van der Waals surface area contributed by atoms with Crippen LogP contribution in [0.2, 0.25) is 5.02 Å². The molecule has 2 atom stereocenters. The van der Waals surface area contributed by atoms with Crippen molar-refractivity contribution in [3.63, 3.8) is 0 Å². The topological polar surface area (TPSA) is 62.1 Å². The number of ketones is 1. The number of dihydropyridines is 1. The Balaban J connectivity index is 2.17. The van der Waals surface area contributed by atoms with E-state index in [-0.39, 0.29) is 5.57 Å². The SMILES string of the molecule is N#CC1NC=C2C=CC(OC(F)F)C(=O)C2=C1c1cccc(Cl)c1. The fraction of sp³-hybridized carbons (Fsp3) is 0.176. The van der Waals surface area contributed by atoms with E-state index in [1.54, 1.807) is 24.3 Å². The molecule has 0 aromatic heterocycles. The number of ether oxygens (including phenoxy) is 1. The van der Waals surface area contributed by atoms with Crippen molar-refractivity contribution in [1.82, 2.24) is 5.32 Å². The van der Waals surface area contributed by atoms with Crippen LogP contribution in [0.15, 0.2) is 53.8 Å². The van der Waals surface area contributed by atoms with Gasteiger partial charge in [-0.15, -0.1) is 0 Å². The monoisotopic (exact) mass is 348 g/mol. The molecule has 0 spiro atoms. The largest absolute Gasteiger partial charge is 0.372 e. The van der Waals surface area contributed by atoms with Gasteiger partial charge in [0.25, 0.3) is 0 Å². The Morgan fingerprint density at radius 1 is 1.38 bits per heavy atom. The molecule has 1 aromatic carbocycles. The van der Waals surface area contributed by atoms with Crippen LogP contribution in [0.3, 0.4) is 0 Å². The van der Waals surface area contributed by atoms with E-state index >= 15 is 0 Å². The van der Waals surface area contributed by atoms with Crippen molar-refractivity contribution in [3.05, 3.63) is 64.3 Å². The Bertz CT molecular complexity index is 824. The van der Waals surface area contributed by atoms with E-state index in [9.17, 15) is 18.8 Å². The zero-order chi connectivity index (χ0) is 17.3. The van der Waals surface area contributed by atoms with E-state index in [0.717, 1.165) is 0 Å². The number of rotatable bonds is 3. The quantitative estimate of drug-likeness (QED) is 0.911. The number of fused-ring (bicyclic) bond motifs is 1. The zero-order valence-corrected chi connectivity index (χ0v) is 12.9. The maximum absolute atomic E-state index is 12.6. The molecular weight excluding hydrogens is 338 g/mol. The third-order valence-corrected chi connectivity index (χ3v) is 3.96. The highest BCUT2D eigenvalue weighted by Crippen LogP contribution is 2.35. The molecule has 0 saturated heterocycles. The third-order valence-electron chi connectivity index (χ3n) is 3.72. The van der Waals surface area contributed by atoms with Crippen LogP contribution in [0.25, 0.3) is 5.57 Å². The number of nitriles is 1. The standard InChI is InChI=1S/C17H11ClF2N2O2/c18-11-3-1-2-9(6-11)14-12(7-21)22-8-10-4-5-13(24-17(19)20)16(23)15(10)14/h1-6,8,12-13,17,22H. The number of hydrogen-bond donors (Lipinski definition) is 1.